The van der Waals surface area contributed by atoms with Gasteiger partial charge in [0.05, 0.1) is 6.61 Å². The third-order valence-electron chi connectivity index (χ3n) is 7.44. The first-order valence-corrected chi connectivity index (χ1v) is 13.0. The number of nitrogens with zero attached hydrogens (tertiary/aromatic N) is 2. The summed E-state index contributed by atoms with van der Waals surface area (Å²) in [6, 6.07) is 1.58. The van der Waals surface area contributed by atoms with Crippen molar-refractivity contribution in [1.82, 2.24) is 4.57 Å². The predicted molar refractivity (Wildman–Crippen MR) is 146 cm³/mol. The van der Waals surface area contributed by atoms with Crippen LogP contribution in [0.3, 0.4) is 0 Å². The second-order valence-electron chi connectivity index (χ2n) is 10.3. The van der Waals surface area contributed by atoms with E-state index in [4.69, 9.17) is 4.74 Å². The summed E-state index contributed by atoms with van der Waals surface area (Å²) in [4.78, 5) is 29.6. The Bertz CT molecular complexity index is 1160. The van der Waals surface area contributed by atoms with Gasteiger partial charge in [0.2, 0.25) is 0 Å². The summed E-state index contributed by atoms with van der Waals surface area (Å²) >= 11 is 4.26. The first kappa shape index (κ1) is 27.1. The molecular formula is C28H38N2O4S. The number of thiol groups is 1. The fourth-order valence-corrected chi connectivity index (χ4v) is 5.68. The van der Waals surface area contributed by atoms with Crippen LogP contribution in [0.1, 0.15) is 76.0 Å². The molecule has 1 saturated carbocycles. The summed E-state index contributed by atoms with van der Waals surface area (Å²) < 4.78 is 8.02. The van der Waals surface area contributed by atoms with Gasteiger partial charge in [-0.05, 0) is 48.2 Å². The minimum Gasteiger partial charge on any atom is -0.490 e. The van der Waals surface area contributed by atoms with Gasteiger partial charge >= 0.3 is 5.97 Å². The van der Waals surface area contributed by atoms with Crippen molar-refractivity contribution in [2.75, 3.05) is 19.4 Å². The number of ether oxygens (including phenoxy) is 1. The van der Waals surface area contributed by atoms with E-state index in [0.29, 0.717) is 24.0 Å². The molecule has 0 amide bonds. The fourth-order valence-electron chi connectivity index (χ4n) is 5.59. The maximum atomic E-state index is 13.0. The lowest BCUT2D eigenvalue weighted by Gasteiger charge is -2.36. The van der Waals surface area contributed by atoms with Crippen LogP contribution in [0.4, 0.5) is 0 Å². The zero-order chi connectivity index (χ0) is 25.9. The fraction of sp³-hybridized carbons (Fsp3) is 0.536. The van der Waals surface area contributed by atoms with E-state index in [1.165, 1.54) is 6.07 Å². The first-order valence-electron chi connectivity index (χ1n) is 12.4. The normalized spacial score (nSPS) is 24.9. The molecule has 1 N–H and O–H groups in total. The van der Waals surface area contributed by atoms with Gasteiger partial charge in [0.15, 0.2) is 5.43 Å². The number of hydrogen-bond donors (Lipinski definition) is 2. The van der Waals surface area contributed by atoms with Crippen LogP contribution in [-0.4, -0.2) is 40.8 Å². The molecule has 3 unspecified atom stereocenters. The summed E-state index contributed by atoms with van der Waals surface area (Å²) in [6.07, 6.45) is 10.4. The predicted octanol–water partition coefficient (Wildman–Crippen LogP) is 5.81. The van der Waals surface area contributed by atoms with Crippen molar-refractivity contribution in [3.63, 3.8) is 0 Å². The lowest BCUT2D eigenvalue weighted by Crippen LogP contribution is -2.31. The maximum Gasteiger partial charge on any atom is 0.341 e. The zero-order valence-corrected chi connectivity index (χ0v) is 22.6. The Morgan fingerprint density at radius 2 is 2.11 bits per heavy atom. The molecule has 35 heavy (non-hydrogen) atoms. The lowest BCUT2D eigenvalue weighted by molar-refractivity contribution is 0.0693. The Hall–Kier alpha value is -2.54. The Balaban J connectivity index is 2.37. The van der Waals surface area contributed by atoms with Gasteiger partial charge in [-0.25, -0.2) is 4.79 Å². The molecule has 1 heterocycles. The van der Waals surface area contributed by atoms with Crippen LogP contribution in [-0.2, 0) is 4.74 Å². The highest BCUT2D eigenvalue weighted by Crippen LogP contribution is 2.50. The number of aromatic nitrogens is 1. The van der Waals surface area contributed by atoms with Gasteiger partial charge in [0.1, 0.15) is 17.0 Å². The Morgan fingerprint density at radius 3 is 2.66 bits per heavy atom. The van der Waals surface area contributed by atoms with Crippen LogP contribution in [0.15, 0.2) is 51.6 Å². The van der Waals surface area contributed by atoms with Gasteiger partial charge in [-0.1, -0.05) is 46.8 Å². The third kappa shape index (κ3) is 5.35. The van der Waals surface area contributed by atoms with E-state index in [0.717, 1.165) is 41.8 Å². The van der Waals surface area contributed by atoms with Crippen molar-refractivity contribution < 1.29 is 14.6 Å². The minimum absolute atomic E-state index is 0.0466. The van der Waals surface area contributed by atoms with Crippen molar-refractivity contribution in [2.24, 2.45) is 22.2 Å². The molecule has 7 heteroatoms. The van der Waals surface area contributed by atoms with E-state index in [-0.39, 0.29) is 22.9 Å². The SMILES string of the molecule is CCC(C)/C(=C1/C=CC=C(OCCS)C1=NC)c1cc(=O)c(C(=O)O)cn1C1C(C)CCC1(C)C. The van der Waals surface area contributed by atoms with Crippen LogP contribution in [0.2, 0.25) is 0 Å². The lowest BCUT2D eigenvalue weighted by atomic mass is 9.82. The number of hydrogen-bond acceptors (Lipinski definition) is 5. The quantitative estimate of drug-likeness (QED) is 0.443. The number of pyridine rings is 1. The monoisotopic (exact) mass is 498 g/mol. The van der Waals surface area contributed by atoms with E-state index < -0.39 is 11.4 Å². The van der Waals surface area contributed by atoms with Gasteiger partial charge < -0.3 is 14.4 Å². The number of rotatable bonds is 8. The van der Waals surface area contributed by atoms with E-state index in [2.05, 4.69) is 56.8 Å². The smallest absolute Gasteiger partial charge is 0.341 e. The molecule has 0 spiro atoms. The molecule has 0 saturated heterocycles. The number of allylic oxidation sites excluding steroid dienone is 5. The molecule has 3 rings (SSSR count). The highest BCUT2D eigenvalue weighted by molar-refractivity contribution is 7.80. The average Bonchev–Trinajstić information content (AvgIpc) is 3.09. The Morgan fingerprint density at radius 1 is 1.40 bits per heavy atom. The number of carboxylic acid groups (broad SMARTS) is 1. The molecule has 1 fully saturated rings. The van der Waals surface area contributed by atoms with Crippen LogP contribution in [0.5, 0.6) is 0 Å². The first-order chi connectivity index (χ1) is 16.6. The second-order valence-corrected chi connectivity index (χ2v) is 10.7. The van der Waals surface area contributed by atoms with Gasteiger partial charge in [-0.3, -0.25) is 9.79 Å². The summed E-state index contributed by atoms with van der Waals surface area (Å²) in [5, 5.41) is 9.77. The molecule has 6 nitrogen and oxygen atoms in total. The van der Waals surface area contributed by atoms with Gasteiger partial charge in [0.25, 0.3) is 0 Å². The molecular weight excluding hydrogens is 460 g/mol. The van der Waals surface area contributed by atoms with E-state index in [1.807, 2.05) is 18.2 Å². The van der Waals surface area contributed by atoms with Crippen LogP contribution in [0.25, 0.3) is 5.57 Å². The van der Waals surface area contributed by atoms with Crippen LogP contribution in [0, 0.1) is 17.3 Å². The van der Waals surface area contributed by atoms with E-state index >= 15 is 0 Å². The summed E-state index contributed by atoms with van der Waals surface area (Å²) in [5.74, 6) is 0.490. The van der Waals surface area contributed by atoms with Crippen LogP contribution < -0.4 is 5.43 Å². The van der Waals surface area contributed by atoms with Gasteiger partial charge in [0, 0.05) is 42.4 Å². The summed E-state index contributed by atoms with van der Waals surface area (Å²) in [7, 11) is 1.74. The van der Waals surface area contributed by atoms with Crippen LogP contribution >= 0.6 is 12.6 Å². The van der Waals surface area contributed by atoms with Gasteiger partial charge in [-0.2, -0.15) is 12.6 Å². The highest BCUT2D eigenvalue weighted by Gasteiger charge is 2.42. The van der Waals surface area contributed by atoms with Crippen molar-refractivity contribution in [3.05, 3.63) is 63.3 Å². The molecule has 190 valence electrons. The molecule has 3 atom stereocenters. The molecule has 0 radical (unpaired) electrons. The molecule has 0 bridgehead atoms. The van der Waals surface area contributed by atoms with Crippen molar-refractivity contribution in [1.29, 1.82) is 0 Å². The molecule has 2 aliphatic carbocycles. The minimum atomic E-state index is -1.20. The van der Waals surface area contributed by atoms with Gasteiger partial charge in [-0.15, -0.1) is 0 Å². The van der Waals surface area contributed by atoms with Crippen molar-refractivity contribution in [2.45, 2.75) is 59.9 Å². The third-order valence-corrected chi connectivity index (χ3v) is 7.62. The Kier molecular flexibility index (Phi) is 8.52. The molecule has 2 aliphatic rings. The number of aromatic carboxylic acids is 1. The van der Waals surface area contributed by atoms with Crippen molar-refractivity contribution >= 4 is 29.9 Å². The number of aliphatic imine (C=N–C) groups is 1. The highest BCUT2D eigenvalue weighted by atomic mass is 32.1. The topological polar surface area (TPSA) is 80.9 Å². The Labute approximate surface area is 213 Å². The molecule has 1 aromatic rings. The summed E-state index contributed by atoms with van der Waals surface area (Å²) in [6.45, 7) is 11.4. The molecule has 0 aromatic carbocycles. The average molecular weight is 499 g/mol. The maximum absolute atomic E-state index is 13.0. The van der Waals surface area contributed by atoms with E-state index in [1.54, 1.807) is 13.2 Å². The molecule has 1 aromatic heterocycles. The molecule has 0 aliphatic heterocycles. The zero-order valence-electron chi connectivity index (χ0n) is 21.7. The van der Waals surface area contributed by atoms with E-state index in [9.17, 15) is 14.7 Å². The number of carbonyl (C=O) groups is 1. The van der Waals surface area contributed by atoms with Crippen molar-refractivity contribution in [3.8, 4) is 0 Å². The summed E-state index contributed by atoms with van der Waals surface area (Å²) in [5.41, 5.74) is 2.65. The largest absolute Gasteiger partial charge is 0.490 e. The second kappa shape index (κ2) is 11.0. The number of carboxylic acids is 1. The standard InChI is InChI=1S/C28H38N2O4S/c1-7-17(2)24(19-9-8-10-23(25(19)29-6)34-13-14-35)21-15-22(31)20(27(32)33)16-30(21)26-18(3)11-12-28(26,4)5/h8-10,15-18,26,35H,7,11-14H2,1-6H3,(H,32,33)/b24-19+,29-25?.